The second kappa shape index (κ2) is 3.92. The molecule has 1 aliphatic carbocycles. The molecule has 1 fully saturated rings. The van der Waals surface area contributed by atoms with Gasteiger partial charge in [0.05, 0.1) is 7.11 Å². The summed E-state index contributed by atoms with van der Waals surface area (Å²) >= 11 is 0. The molecule has 5 heteroatoms. The van der Waals surface area contributed by atoms with Gasteiger partial charge in [0.2, 0.25) is 11.8 Å². The first-order chi connectivity index (χ1) is 7.19. The van der Waals surface area contributed by atoms with Gasteiger partial charge in [-0.15, -0.1) is 0 Å². The summed E-state index contributed by atoms with van der Waals surface area (Å²) in [5.41, 5.74) is 5.54. The van der Waals surface area contributed by atoms with Gasteiger partial charge in [0.15, 0.2) is 0 Å². The van der Waals surface area contributed by atoms with Crippen LogP contribution < -0.4 is 15.8 Å². The van der Waals surface area contributed by atoms with Crippen molar-refractivity contribution in [3.63, 3.8) is 0 Å². The number of anilines is 2. The standard InChI is InChI=1S/C10H16N4O/c1-6-3-7(6)5-12-8-4-9(15-2)14-10(11)13-8/h4,6-7H,3,5H2,1-2H3,(H3,11,12,13,14). The number of nitrogens with one attached hydrogen (secondary N) is 1. The molecule has 1 aliphatic rings. The highest BCUT2D eigenvalue weighted by molar-refractivity contribution is 5.42. The summed E-state index contributed by atoms with van der Waals surface area (Å²) in [5, 5.41) is 3.24. The van der Waals surface area contributed by atoms with Crippen molar-refractivity contribution >= 4 is 11.8 Å². The predicted octanol–water partition coefficient (Wildman–Crippen LogP) is 1.14. The highest BCUT2D eigenvalue weighted by atomic mass is 16.5. The third-order valence-corrected chi connectivity index (χ3v) is 2.75. The smallest absolute Gasteiger partial charge is 0.225 e. The van der Waals surface area contributed by atoms with Gasteiger partial charge in [-0.2, -0.15) is 9.97 Å². The summed E-state index contributed by atoms with van der Waals surface area (Å²) < 4.78 is 5.01. The molecule has 1 saturated carbocycles. The number of hydrogen-bond donors (Lipinski definition) is 2. The SMILES string of the molecule is COc1cc(NCC2CC2C)nc(N)n1. The van der Waals surface area contributed by atoms with Gasteiger partial charge in [0.25, 0.3) is 0 Å². The molecule has 1 heterocycles. The van der Waals surface area contributed by atoms with Crippen LogP contribution in [0.2, 0.25) is 0 Å². The maximum absolute atomic E-state index is 5.54. The molecule has 0 aliphatic heterocycles. The van der Waals surface area contributed by atoms with Crippen molar-refractivity contribution in [2.75, 3.05) is 24.7 Å². The van der Waals surface area contributed by atoms with Crippen LogP contribution in [0.5, 0.6) is 5.88 Å². The Morgan fingerprint density at radius 3 is 2.93 bits per heavy atom. The number of nitrogens with zero attached hydrogens (tertiary/aromatic N) is 2. The zero-order chi connectivity index (χ0) is 10.8. The minimum Gasteiger partial charge on any atom is -0.481 e. The highest BCUT2D eigenvalue weighted by Gasteiger charge is 2.31. The van der Waals surface area contributed by atoms with Crippen LogP contribution >= 0.6 is 0 Å². The molecule has 15 heavy (non-hydrogen) atoms. The highest BCUT2D eigenvalue weighted by Crippen LogP contribution is 2.37. The van der Waals surface area contributed by atoms with Gasteiger partial charge < -0.3 is 15.8 Å². The van der Waals surface area contributed by atoms with E-state index >= 15 is 0 Å². The number of nitrogens with two attached hydrogens (primary N) is 1. The van der Waals surface area contributed by atoms with Crippen molar-refractivity contribution in [3.8, 4) is 5.88 Å². The zero-order valence-electron chi connectivity index (χ0n) is 9.03. The molecule has 0 amide bonds. The number of nitrogen functional groups attached to an aromatic ring is 1. The van der Waals surface area contributed by atoms with E-state index in [2.05, 4.69) is 22.2 Å². The van der Waals surface area contributed by atoms with Crippen LogP contribution in [-0.2, 0) is 0 Å². The Kier molecular flexibility index (Phi) is 2.62. The molecule has 2 rings (SSSR count). The van der Waals surface area contributed by atoms with Gasteiger partial charge in [0.1, 0.15) is 5.82 Å². The molecular weight excluding hydrogens is 192 g/mol. The molecule has 0 aromatic carbocycles. The van der Waals surface area contributed by atoms with E-state index in [-0.39, 0.29) is 5.95 Å². The van der Waals surface area contributed by atoms with E-state index in [1.807, 2.05) is 0 Å². The molecule has 0 saturated heterocycles. The van der Waals surface area contributed by atoms with Gasteiger partial charge in [-0.25, -0.2) is 0 Å². The fourth-order valence-corrected chi connectivity index (χ4v) is 1.56. The van der Waals surface area contributed by atoms with Gasteiger partial charge in [0, 0.05) is 12.6 Å². The quantitative estimate of drug-likeness (QED) is 0.776. The Hall–Kier alpha value is -1.52. The monoisotopic (exact) mass is 208 g/mol. The molecule has 82 valence electrons. The summed E-state index contributed by atoms with van der Waals surface area (Å²) in [5.74, 6) is 3.07. The normalized spacial score (nSPS) is 23.6. The Bertz CT molecular complexity index is 355. The van der Waals surface area contributed by atoms with Crippen molar-refractivity contribution in [2.45, 2.75) is 13.3 Å². The van der Waals surface area contributed by atoms with Crippen LogP contribution in [0, 0.1) is 11.8 Å². The van der Waals surface area contributed by atoms with E-state index in [0.29, 0.717) is 5.88 Å². The van der Waals surface area contributed by atoms with Gasteiger partial charge in [-0.1, -0.05) is 6.92 Å². The lowest BCUT2D eigenvalue weighted by Crippen LogP contribution is -2.08. The second-order valence-corrected chi connectivity index (χ2v) is 4.01. The lowest BCUT2D eigenvalue weighted by molar-refractivity contribution is 0.398. The van der Waals surface area contributed by atoms with E-state index in [1.54, 1.807) is 13.2 Å². The molecule has 0 spiro atoms. The number of hydrogen-bond acceptors (Lipinski definition) is 5. The maximum atomic E-state index is 5.54. The van der Waals surface area contributed by atoms with Crippen LogP contribution in [0.1, 0.15) is 13.3 Å². The summed E-state index contributed by atoms with van der Waals surface area (Å²) in [7, 11) is 1.56. The molecule has 5 nitrogen and oxygen atoms in total. The van der Waals surface area contributed by atoms with Crippen molar-refractivity contribution in [2.24, 2.45) is 11.8 Å². The van der Waals surface area contributed by atoms with Crippen molar-refractivity contribution in [1.82, 2.24) is 9.97 Å². The number of aromatic nitrogens is 2. The molecule has 1 aromatic heterocycles. The third-order valence-electron chi connectivity index (χ3n) is 2.75. The minimum atomic E-state index is 0.237. The summed E-state index contributed by atoms with van der Waals surface area (Å²) in [6, 6.07) is 1.75. The molecule has 0 radical (unpaired) electrons. The molecule has 2 unspecified atom stereocenters. The molecule has 3 N–H and O–H groups in total. The van der Waals surface area contributed by atoms with Crippen molar-refractivity contribution in [3.05, 3.63) is 6.07 Å². The summed E-state index contributed by atoms with van der Waals surface area (Å²) in [6.45, 7) is 3.20. The largest absolute Gasteiger partial charge is 0.481 e. The molecule has 0 bridgehead atoms. The van der Waals surface area contributed by atoms with Crippen LogP contribution in [0.25, 0.3) is 0 Å². The summed E-state index contributed by atoms with van der Waals surface area (Å²) in [6.07, 6.45) is 1.30. The van der Waals surface area contributed by atoms with E-state index in [1.165, 1.54) is 6.42 Å². The molecular formula is C10H16N4O. The lowest BCUT2D eigenvalue weighted by Gasteiger charge is -2.06. The average Bonchev–Trinajstić information content (AvgIpc) is 2.91. The van der Waals surface area contributed by atoms with Crippen LogP contribution in [-0.4, -0.2) is 23.6 Å². The van der Waals surface area contributed by atoms with Crippen molar-refractivity contribution in [1.29, 1.82) is 0 Å². The topological polar surface area (TPSA) is 73.1 Å². The van der Waals surface area contributed by atoms with Crippen molar-refractivity contribution < 1.29 is 4.74 Å². The minimum absolute atomic E-state index is 0.237. The molecule has 1 aromatic rings. The zero-order valence-corrected chi connectivity index (χ0v) is 9.03. The third kappa shape index (κ3) is 2.49. The first kappa shape index (κ1) is 10.0. The first-order valence-electron chi connectivity index (χ1n) is 5.11. The predicted molar refractivity (Wildman–Crippen MR) is 58.8 cm³/mol. The van der Waals surface area contributed by atoms with Gasteiger partial charge in [-0.3, -0.25) is 0 Å². The number of ether oxygens (including phenoxy) is 1. The van der Waals surface area contributed by atoms with Gasteiger partial charge in [-0.05, 0) is 18.3 Å². The van der Waals surface area contributed by atoms with E-state index in [9.17, 15) is 0 Å². The Morgan fingerprint density at radius 1 is 1.60 bits per heavy atom. The van der Waals surface area contributed by atoms with E-state index < -0.39 is 0 Å². The summed E-state index contributed by atoms with van der Waals surface area (Å²) in [4.78, 5) is 8.00. The van der Waals surface area contributed by atoms with E-state index in [0.717, 1.165) is 24.2 Å². The maximum Gasteiger partial charge on any atom is 0.225 e. The molecule has 2 atom stereocenters. The van der Waals surface area contributed by atoms with Crippen LogP contribution in [0.4, 0.5) is 11.8 Å². The Balaban J connectivity index is 1.97. The fourth-order valence-electron chi connectivity index (χ4n) is 1.56. The number of methoxy groups -OCH3 is 1. The Morgan fingerprint density at radius 2 is 2.33 bits per heavy atom. The van der Waals surface area contributed by atoms with E-state index in [4.69, 9.17) is 10.5 Å². The lowest BCUT2D eigenvalue weighted by atomic mass is 10.3. The van der Waals surface area contributed by atoms with Gasteiger partial charge >= 0.3 is 0 Å². The van der Waals surface area contributed by atoms with Crippen LogP contribution in [0.3, 0.4) is 0 Å². The average molecular weight is 208 g/mol. The number of rotatable bonds is 4. The first-order valence-corrected chi connectivity index (χ1v) is 5.11. The Labute approximate surface area is 89.1 Å². The second-order valence-electron chi connectivity index (χ2n) is 4.01. The fraction of sp³-hybridized carbons (Fsp3) is 0.600. The van der Waals surface area contributed by atoms with Crippen LogP contribution in [0.15, 0.2) is 6.07 Å².